The summed E-state index contributed by atoms with van der Waals surface area (Å²) < 4.78 is 31.3. The molecule has 1 aromatic rings. The van der Waals surface area contributed by atoms with E-state index in [-0.39, 0.29) is 18.5 Å². The van der Waals surface area contributed by atoms with Crippen LogP contribution in [0.2, 0.25) is 0 Å². The number of carbonyl (C=O) groups excluding carboxylic acids is 1. The van der Waals surface area contributed by atoms with Gasteiger partial charge in [-0.05, 0) is 38.3 Å². The van der Waals surface area contributed by atoms with Crippen LogP contribution in [0.15, 0.2) is 24.3 Å². The van der Waals surface area contributed by atoms with Gasteiger partial charge < -0.3 is 9.64 Å². The predicted molar refractivity (Wildman–Crippen MR) is 88.1 cm³/mol. The number of hydrogen-bond acceptors (Lipinski definition) is 4. The molecule has 2 atom stereocenters. The highest BCUT2D eigenvalue weighted by atomic mass is 32.2. The SMILES string of the molecule is C[C@@H]1CCCCN1C(=O)[C@@H]1CN(S(C)(=O)=O)c2ccccc2O1. The molecular weight excluding hydrogens is 316 g/mol. The number of para-hydroxylation sites is 2. The number of likely N-dealkylation sites (tertiary alicyclic amines) is 1. The molecule has 1 fully saturated rings. The molecule has 0 radical (unpaired) electrons. The third-order valence-corrected chi connectivity index (χ3v) is 5.64. The number of rotatable bonds is 2. The summed E-state index contributed by atoms with van der Waals surface area (Å²) in [5.74, 6) is 0.313. The second kappa shape index (κ2) is 6.03. The molecule has 2 aliphatic heterocycles. The Hall–Kier alpha value is -1.76. The molecule has 0 unspecified atom stereocenters. The molecule has 7 heteroatoms. The van der Waals surface area contributed by atoms with E-state index in [1.54, 1.807) is 24.3 Å². The summed E-state index contributed by atoms with van der Waals surface area (Å²) in [6.45, 7) is 2.76. The first-order valence-corrected chi connectivity index (χ1v) is 9.76. The van der Waals surface area contributed by atoms with E-state index in [9.17, 15) is 13.2 Å². The van der Waals surface area contributed by atoms with E-state index in [2.05, 4.69) is 0 Å². The Morgan fingerprint density at radius 2 is 2.00 bits per heavy atom. The number of amides is 1. The number of anilines is 1. The molecule has 1 amide bonds. The number of carbonyl (C=O) groups is 1. The van der Waals surface area contributed by atoms with Gasteiger partial charge in [0.05, 0.1) is 18.5 Å². The van der Waals surface area contributed by atoms with Gasteiger partial charge in [0.25, 0.3) is 5.91 Å². The van der Waals surface area contributed by atoms with Crippen molar-refractivity contribution in [2.75, 3.05) is 23.7 Å². The highest BCUT2D eigenvalue weighted by molar-refractivity contribution is 7.92. The van der Waals surface area contributed by atoms with Crippen LogP contribution in [-0.2, 0) is 14.8 Å². The van der Waals surface area contributed by atoms with Crippen molar-refractivity contribution in [3.05, 3.63) is 24.3 Å². The highest BCUT2D eigenvalue weighted by Crippen LogP contribution is 2.35. The Labute approximate surface area is 137 Å². The monoisotopic (exact) mass is 338 g/mol. The number of fused-ring (bicyclic) bond motifs is 1. The summed E-state index contributed by atoms with van der Waals surface area (Å²) in [5.41, 5.74) is 0.491. The average molecular weight is 338 g/mol. The Kier molecular flexibility index (Phi) is 4.23. The molecule has 23 heavy (non-hydrogen) atoms. The quantitative estimate of drug-likeness (QED) is 0.822. The fourth-order valence-electron chi connectivity index (χ4n) is 3.26. The van der Waals surface area contributed by atoms with E-state index in [0.717, 1.165) is 25.5 Å². The van der Waals surface area contributed by atoms with Crippen molar-refractivity contribution < 1.29 is 17.9 Å². The van der Waals surface area contributed by atoms with Crippen LogP contribution in [0, 0.1) is 0 Å². The lowest BCUT2D eigenvalue weighted by molar-refractivity contribution is -0.141. The van der Waals surface area contributed by atoms with Crippen LogP contribution in [0.5, 0.6) is 5.75 Å². The van der Waals surface area contributed by atoms with Gasteiger partial charge in [-0.1, -0.05) is 12.1 Å². The van der Waals surface area contributed by atoms with E-state index < -0.39 is 16.1 Å². The minimum atomic E-state index is -3.47. The number of piperidine rings is 1. The molecule has 0 aromatic heterocycles. The van der Waals surface area contributed by atoms with Crippen LogP contribution < -0.4 is 9.04 Å². The number of nitrogens with zero attached hydrogens (tertiary/aromatic N) is 2. The van der Waals surface area contributed by atoms with Crippen molar-refractivity contribution in [1.29, 1.82) is 0 Å². The van der Waals surface area contributed by atoms with Crippen LogP contribution in [0.3, 0.4) is 0 Å². The molecule has 0 N–H and O–H groups in total. The van der Waals surface area contributed by atoms with Gasteiger partial charge in [0.15, 0.2) is 6.10 Å². The topological polar surface area (TPSA) is 66.9 Å². The maximum absolute atomic E-state index is 12.8. The fraction of sp³-hybridized carbons (Fsp3) is 0.562. The second-order valence-electron chi connectivity index (χ2n) is 6.24. The maximum atomic E-state index is 12.8. The van der Waals surface area contributed by atoms with Gasteiger partial charge in [0.1, 0.15) is 5.75 Å². The van der Waals surface area contributed by atoms with Crippen LogP contribution in [-0.4, -0.2) is 50.7 Å². The third-order valence-electron chi connectivity index (χ3n) is 4.50. The van der Waals surface area contributed by atoms with Gasteiger partial charge in [0.2, 0.25) is 10.0 Å². The normalized spacial score (nSPS) is 24.8. The van der Waals surface area contributed by atoms with Crippen molar-refractivity contribution in [3.63, 3.8) is 0 Å². The summed E-state index contributed by atoms with van der Waals surface area (Å²) >= 11 is 0. The maximum Gasteiger partial charge on any atom is 0.265 e. The summed E-state index contributed by atoms with van der Waals surface area (Å²) in [6.07, 6.45) is 3.44. The van der Waals surface area contributed by atoms with Crippen LogP contribution in [0.4, 0.5) is 5.69 Å². The molecule has 0 saturated carbocycles. The van der Waals surface area contributed by atoms with E-state index >= 15 is 0 Å². The van der Waals surface area contributed by atoms with Crippen LogP contribution in [0.1, 0.15) is 26.2 Å². The molecule has 1 saturated heterocycles. The number of hydrogen-bond donors (Lipinski definition) is 0. The van der Waals surface area contributed by atoms with E-state index in [4.69, 9.17) is 4.74 Å². The van der Waals surface area contributed by atoms with Crippen molar-refractivity contribution in [3.8, 4) is 5.75 Å². The molecule has 126 valence electrons. The largest absolute Gasteiger partial charge is 0.476 e. The van der Waals surface area contributed by atoms with Gasteiger partial charge in [-0.15, -0.1) is 0 Å². The Bertz CT molecular complexity index is 704. The van der Waals surface area contributed by atoms with Crippen LogP contribution >= 0.6 is 0 Å². The Morgan fingerprint density at radius 1 is 1.26 bits per heavy atom. The summed E-state index contributed by atoms with van der Waals surface area (Å²) in [4.78, 5) is 14.6. The Balaban J connectivity index is 1.89. The van der Waals surface area contributed by atoms with E-state index in [0.29, 0.717) is 18.0 Å². The number of benzene rings is 1. The summed E-state index contributed by atoms with van der Waals surface area (Å²) in [7, 11) is -3.47. The van der Waals surface area contributed by atoms with Crippen molar-refractivity contribution in [1.82, 2.24) is 4.90 Å². The second-order valence-corrected chi connectivity index (χ2v) is 8.15. The zero-order valence-corrected chi connectivity index (χ0v) is 14.3. The van der Waals surface area contributed by atoms with Crippen molar-refractivity contribution >= 4 is 21.6 Å². The molecule has 3 rings (SSSR count). The fourth-order valence-corrected chi connectivity index (χ4v) is 4.17. The van der Waals surface area contributed by atoms with Gasteiger partial charge in [-0.2, -0.15) is 0 Å². The van der Waals surface area contributed by atoms with Crippen LogP contribution in [0.25, 0.3) is 0 Å². The third kappa shape index (κ3) is 3.15. The van der Waals surface area contributed by atoms with Gasteiger partial charge in [-0.3, -0.25) is 9.10 Å². The minimum absolute atomic E-state index is 0.0257. The zero-order chi connectivity index (χ0) is 16.6. The van der Waals surface area contributed by atoms with E-state index in [1.165, 1.54) is 4.31 Å². The van der Waals surface area contributed by atoms with Gasteiger partial charge in [0, 0.05) is 12.6 Å². The molecule has 1 aromatic carbocycles. The first-order valence-electron chi connectivity index (χ1n) is 7.92. The molecular formula is C16H22N2O4S. The molecule has 2 heterocycles. The van der Waals surface area contributed by atoms with Crippen molar-refractivity contribution in [2.45, 2.75) is 38.3 Å². The zero-order valence-electron chi connectivity index (χ0n) is 13.4. The highest BCUT2D eigenvalue weighted by Gasteiger charge is 2.38. The lowest BCUT2D eigenvalue weighted by Gasteiger charge is -2.39. The minimum Gasteiger partial charge on any atom is -0.476 e. The molecule has 0 bridgehead atoms. The lowest BCUT2D eigenvalue weighted by Crippen LogP contribution is -2.54. The first kappa shape index (κ1) is 16.1. The Morgan fingerprint density at radius 3 is 2.70 bits per heavy atom. The standard InChI is InChI=1S/C16H22N2O4S/c1-12-7-5-6-10-17(12)16(19)15-11-18(23(2,20)21)13-8-3-4-9-14(13)22-15/h3-4,8-9,12,15H,5-7,10-11H2,1-2H3/t12-,15+/m1/s1. The summed E-state index contributed by atoms with van der Waals surface area (Å²) in [5, 5.41) is 0. The average Bonchev–Trinajstić information content (AvgIpc) is 2.52. The lowest BCUT2D eigenvalue weighted by atomic mass is 10.0. The van der Waals surface area contributed by atoms with Gasteiger partial charge >= 0.3 is 0 Å². The summed E-state index contributed by atoms with van der Waals surface area (Å²) in [6, 6.07) is 7.10. The smallest absolute Gasteiger partial charge is 0.265 e. The first-order chi connectivity index (χ1) is 10.9. The molecule has 0 spiro atoms. The van der Waals surface area contributed by atoms with Crippen molar-refractivity contribution in [2.24, 2.45) is 0 Å². The number of ether oxygens (including phenoxy) is 1. The molecule has 6 nitrogen and oxygen atoms in total. The molecule has 0 aliphatic carbocycles. The molecule has 2 aliphatic rings. The predicted octanol–water partition coefficient (Wildman–Crippen LogP) is 1.61. The van der Waals surface area contributed by atoms with Gasteiger partial charge in [-0.25, -0.2) is 8.42 Å². The van der Waals surface area contributed by atoms with E-state index in [1.807, 2.05) is 11.8 Å². The number of sulfonamides is 1.